The van der Waals surface area contributed by atoms with E-state index in [1.807, 2.05) is 0 Å². The minimum Gasteiger partial charge on any atom is -0.391 e. The summed E-state index contributed by atoms with van der Waals surface area (Å²) in [4.78, 5) is 0. The van der Waals surface area contributed by atoms with Gasteiger partial charge in [-0.3, -0.25) is 0 Å². The van der Waals surface area contributed by atoms with Crippen LogP contribution in [0.15, 0.2) is 0 Å². The van der Waals surface area contributed by atoms with Crippen molar-refractivity contribution in [2.75, 3.05) is 19.8 Å². The predicted molar refractivity (Wildman–Crippen MR) is 35.4 cm³/mol. The number of rotatable bonds is 1. The lowest BCUT2D eigenvalue weighted by Crippen LogP contribution is -2.49. The zero-order valence-corrected chi connectivity index (χ0v) is 6.04. The average Bonchev–Trinajstić information content (AvgIpc) is 1.96. The molecule has 1 rings (SSSR count). The maximum Gasteiger partial charge on any atom is 0.188 e. The molecule has 0 spiro atoms. The Bertz CT molecular complexity index is 110. The van der Waals surface area contributed by atoms with Crippen LogP contribution in [0.3, 0.4) is 0 Å². The Morgan fingerprint density at radius 3 is 2.50 bits per heavy atom. The first-order valence-electron chi connectivity index (χ1n) is 3.31. The van der Waals surface area contributed by atoms with Crippen molar-refractivity contribution in [1.29, 1.82) is 0 Å². The van der Waals surface area contributed by atoms with E-state index in [-0.39, 0.29) is 12.6 Å². The van der Waals surface area contributed by atoms with Crippen LogP contribution >= 0.6 is 0 Å². The van der Waals surface area contributed by atoms with E-state index in [1.165, 1.54) is 0 Å². The summed E-state index contributed by atoms with van der Waals surface area (Å²) in [5.41, 5.74) is 5.48. The molecular formula is C6H13NO3. The van der Waals surface area contributed by atoms with Gasteiger partial charge in [0.15, 0.2) is 5.79 Å². The molecule has 0 aromatic rings. The second-order valence-electron chi connectivity index (χ2n) is 2.67. The van der Waals surface area contributed by atoms with Crippen molar-refractivity contribution >= 4 is 0 Å². The van der Waals surface area contributed by atoms with E-state index in [9.17, 15) is 0 Å². The van der Waals surface area contributed by atoms with Gasteiger partial charge in [0.1, 0.15) is 0 Å². The highest BCUT2D eigenvalue weighted by molar-refractivity contribution is 4.71. The summed E-state index contributed by atoms with van der Waals surface area (Å²) in [5, 5.41) is 8.75. The van der Waals surface area contributed by atoms with Crippen LogP contribution in [-0.2, 0) is 9.47 Å². The molecule has 60 valence electrons. The van der Waals surface area contributed by atoms with Crippen LogP contribution in [0.5, 0.6) is 0 Å². The molecular weight excluding hydrogens is 134 g/mol. The van der Waals surface area contributed by atoms with Crippen molar-refractivity contribution in [1.82, 2.24) is 0 Å². The molecule has 1 fully saturated rings. The number of aliphatic hydroxyl groups excluding tert-OH is 1. The minimum absolute atomic E-state index is 0.0559. The van der Waals surface area contributed by atoms with Gasteiger partial charge in [0.2, 0.25) is 0 Å². The van der Waals surface area contributed by atoms with Crippen LogP contribution < -0.4 is 5.73 Å². The van der Waals surface area contributed by atoms with Crippen molar-refractivity contribution < 1.29 is 14.6 Å². The van der Waals surface area contributed by atoms with E-state index in [4.69, 9.17) is 20.3 Å². The van der Waals surface area contributed by atoms with Gasteiger partial charge in [-0.2, -0.15) is 0 Å². The highest BCUT2D eigenvalue weighted by Gasteiger charge is 2.30. The van der Waals surface area contributed by atoms with Gasteiger partial charge < -0.3 is 20.3 Å². The Labute approximate surface area is 59.9 Å². The third-order valence-corrected chi connectivity index (χ3v) is 1.49. The smallest absolute Gasteiger partial charge is 0.188 e. The van der Waals surface area contributed by atoms with Crippen LogP contribution in [0.25, 0.3) is 0 Å². The fourth-order valence-corrected chi connectivity index (χ4v) is 0.748. The number of hydrogen-bond donors (Lipinski definition) is 2. The maximum absolute atomic E-state index is 8.75. The molecule has 3 N–H and O–H groups in total. The zero-order chi connectivity index (χ0) is 7.61. The van der Waals surface area contributed by atoms with Gasteiger partial charge in [-0.1, -0.05) is 0 Å². The van der Waals surface area contributed by atoms with Crippen molar-refractivity contribution in [2.45, 2.75) is 18.8 Å². The van der Waals surface area contributed by atoms with Crippen LogP contribution in [0, 0.1) is 0 Å². The first-order chi connectivity index (χ1) is 4.66. The predicted octanol–water partition coefficient (Wildman–Crippen LogP) is -0.931. The fourth-order valence-electron chi connectivity index (χ4n) is 0.748. The van der Waals surface area contributed by atoms with Gasteiger partial charge in [0.05, 0.1) is 25.9 Å². The molecule has 1 heterocycles. The largest absolute Gasteiger partial charge is 0.391 e. The molecule has 1 aliphatic heterocycles. The first kappa shape index (κ1) is 7.94. The van der Waals surface area contributed by atoms with E-state index in [0.29, 0.717) is 13.2 Å². The molecule has 0 aromatic carbocycles. The Morgan fingerprint density at radius 1 is 1.60 bits per heavy atom. The van der Waals surface area contributed by atoms with E-state index in [0.717, 1.165) is 0 Å². The summed E-state index contributed by atoms with van der Waals surface area (Å²) in [7, 11) is 0. The number of aliphatic hydroxyl groups is 1. The average molecular weight is 147 g/mol. The van der Waals surface area contributed by atoms with Crippen LogP contribution in [-0.4, -0.2) is 36.8 Å². The molecule has 4 heteroatoms. The highest BCUT2D eigenvalue weighted by atomic mass is 16.7. The maximum atomic E-state index is 8.75. The number of nitrogens with two attached hydrogens (primary N) is 1. The summed E-state index contributed by atoms with van der Waals surface area (Å²) in [5.74, 6) is -0.824. The molecule has 1 aliphatic rings. The third kappa shape index (κ3) is 1.67. The lowest BCUT2D eigenvalue weighted by molar-refractivity contribution is -0.275. The van der Waals surface area contributed by atoms with E-state index >= 15 is 0 Å². The minimum atomic E-state index is -0.824. The lowest BCUT2D eigenvalue weighted by Gasteiger charge is -2.34. The van der Waals surface area contributed by atoms with Gasteiger partial charge in [0, 0.05) is 0 Å². The topological polar surface area (TPSA) is 64.7 Å². The molecule has 0 atom stereocenters. The Hall–Kier alpha value is -0.160. The number of ether oxygens (including phenoxy) is 2. The normalized spacial score (nSPS) is 41.7. The Kier molecular flexibility index (Phi) is 2.25. The van der Waals surface area contributed by atoms with E-state index in [2.05, 4.69) is 0 Å². The van der Waals surface area contributed by atoms with Gasteiger partial charge in [0.25, 0.3) is 0 Å². The van der Waals surface area contributed by atoms with Crippen molar-refractivity contribution in [3.05, 3.63) is 0 Å². The zero-order valence-electron chi connectivity index (χ0n) is 6.04. The summed E-state index contributed by atoms with van der Waals surface area (Å²) in [6, 6.07) is -0.0559. The lowest BCUT2D eigenvalue weighted by atomic mass is 10.2. The van der Waals surface area contributed by atoms with Crippen molar-refractivity contribution in [2.24, 2.45) is 5.73 Å². The van der Waals surface area contributed by atoms with Crippen LogP contribution in [0.1, 0.15) is 6.92 Å². The molecule has 4 nitrogen and oxygen atoms in total. The third-order valence-electron chi connectivity index (χ3n) is 1.49. The monoisotopic (exact) mass is 147 g/mol. The van der Waals surface area contributed by atoms with Gasteiger partial charge >= 0.3 is 0 Å². The van der Waals surface area contributed by atoms with E-state index in [1.54, 1.807) is 6.92 Å². The Balaban J connectivity index is 2.38. The molecule has 10 heavy (non-hydrogen) atoms. The quantitative estimate of drug-likeness (QED) is 0.503. The van der Waals surface area contributed by atoms with E-state index < -0.39 is 5.79 Å². The van der Waals surface area contributed by atoms with Crippen molar-refractivity contribution in [3.63, 3.8) is 0 Å². The first-order valence-corrected chi connectivity index (χ1v) is 3.31. The summed E-state index contributed by atoms with van der Waals surface area (Å²) < 4.78 is 10.3. The van der Waals surface area contributed by atoms with Crippen LogP contribution in [0.4, 0.5) is 0 Å². The summed E-state index contributed by atoms with van der Waals surface area (Å²) >= 11 is 0. The van der Waals surface area contributed by atoms with Gasteiger partial charge in [-0.15, -0.1) is 0 Å². The molecule has 0 bridgehead atoms. The number of hydrogen-bond acceptors (Lipinski definition) is 4. The summed E-state index contributed by atoms with van der Waals surface area (Å²) in [6.45, 7) is 2.48. The SMILES string of the molecule is CC1(CO)OCC(N)CO1. The van der Waals surface area contributed by atoms with Crippen molar-refractivity contribution in [3.8, 4) is 0 Å². The summed E-state index contributed by atoms with van der Waals surface area (Å²) in [6.07, 6.45) is 0. The molecule has 0 radical (unpaired) electrons. The van der Waals surface area contributed by atoms with Gasteiger partial charge in [-0.25, -0.2) is 0 Å². The highest BCUT2D eigenvalue weighted by Crippen LogP contribution is 2.16. The second-order valence-corrected chi connectivity index (χ2v) is 2.67. The standard InChI is InChI=1S/C6H13NO3/c1-6(4-8)9-2-5(7)3-10-6/h5,8H,2-4,7H2,1H3. The molecule has 0 unspecified atom stereocenters. The Morgan fingerprint density at radius 2 is 2.10 bits per heavy atom. The molecule has 1 saturated heterocycles. The molecule has 0 amide bonds. The second kappa shape index (κ2) is 2.84. The molecule has 0 aliphatic carbocycles. The van der Waals surface area contributed by atoms with Crippen LogP contribution in [0.2, 0.25) is 0 Å². The van der Waals surface area contributed by atoms with Gasteiger partial charge in [-0.05, 0) is 6.92 Å². The molecule has 0 saturated carbocycles. The fraction of sp³-hybridized carbons (Fsp3) is 1.00. The molecule has 0 aromatic heterocycles.